The number of alkyl halides is 3. The molecule has 2 rings (SSSR count). The number of methoxy groups -OCH3 is 1. The summed E-state index contributed by atoms with van der Waals surface area (Å²) >= 11 is 0. The second-order valence-corrected chi connectivity index (χ2v) is 5.02. The zero-order chi connectivity index (χ0) is 15.7. The van der Waals surface area contributed by atoms with E-state index in [1.807, 2.05) is 0 Å². The van der Waals surface area contributed by atoms with Crippen molar-refractivity contribution in [2.75, 3.05) is 20.3 Å². The fourth-order valence-corrected chi connectivity index (χ4v) is 2.54. The van der Waals surface area contributed by atoms with Gasteiger partial charge in [0.25, 0.3) is 0 Å². The van der Waals surface area contributed by atoms with E-state index < -0.39 is 29.3 Å². The molecule has 1 atom stereocenters. The zero-order valence-electron chi connectivity index (χ0n) is 11.4. The van der Waals surface area contributed by atoms with E-state index in [1.165, 1.54) is 7.11 Å². The van der Waals surface area contributed by atoms with Gasteiger partial charge in [-0.05, 0) is 17.7 Å². The quantitative estimate of drug-likeness (QED) is 0.872. The first-order valence-corrected chi connectivity index (χ1v) is 6.48. The molecule has 3 nitrogen and oxygen atoms in total. The molecule has 1 aliphatic heterocycles. The van der Waals surface area contributed by atoms with Crippen LogP contribution in [0.2, 0.25) is 0 Å². The van der Waals surface area contributed by atoms with E-state index in [0.717, 1.165) is 6.07 Å². The second-order valence-electron chi connectivity index (χ2n) is 5.02. The predicted octanol–water partition coefficient (Wildman–Crippen LogP) is 3.07. The molecule has 118 valence electrons. The van der Waals surface area contributed by atoms with Gasteiger partial charge in [0.15, 0.2) is 0 Å². The average Bonchev–Trinajstić information content (AvgIpc) is 2.45. The van der Waals surface area contributed by atoms with Crippen LogP contribution >= 0.6 is 0 Å². The van der Waals surface area contributed by atoms with Gasteiger partial charge in [-0.25, -0.2) is 4.39 Å². The number of aliphatic hydroxyl groups is 1. The van der Waals surface area contributed by atoms with E-state index in [2.05, 4.69) is 0 Å². The Morgan fingerprint density at radius 2 is 1.90 bits per heavy atom. The maximum atomic E-state index is 13.6. The van der Waals surface area contributed by atoms with Crippen LogP contribution in [0, 0.1) is 5.82 Å². The Balaban J connectivity index is 2.31. The summed E-state index contributed by atoms with van der Waals surface area (Å²) in [6, 6.07) is 2.42. The standard InChI is InChI=1S/C14H16F4O3/c1-20-13(4-6-21-7-5-13)12(19)9-2-3-10(11(15)8-9)14(16,17)18/h2-3,8,12,19H,4-7H2,1H3. The minimum atomic E-state index is -4.76. The summed E-state index contributed by atoms with van der Waals surface area (Å²) in [4.78, 5) is 0. The number of aliphatic hydroxyl groups excluding tert-OH is 1. The third-order valence-corrected chi connectivity index (χ3v) is 3.86. The van der Waals surface area contributed by atoms with E-state index in [1.54, 1.807) is 0 Å². The van der Waals surface area contributed by atoms with Crippen molar-refractivity contribution in [3.63, 3.8) is 0 Å². The lowest BCUT2D eigenvalue weighted by Crippen LogP contribution is -2.43. The summed E-state index contributed by atoms with van der Waals surface area (Å²) in [6.07, 6.45) is -5.21. The van der Waals surface area contributed by atoms with Crippen LogP contribution in [0.3, 0.4) is 0 Å². The SMILES string of the molecule is COC1(C(O)c2ccc(C(F)(F)F)c(F)c2)CCOCC1. The van der Waals surface area contributed by atoms with Crippen molar-refractivity contribution in [3.05, 3.63) is 35.1 Å². The maximum Gasteiger partial charge on any atom is 0.419 e. The van der Waals surface area contributed by atoms with Gasteiger partial charge in [-0.1, -0.05) is 6.07 Å². The molecule has 21 heavy (non-hydrogen) atoms. The van der Waals surface area contributed by atoms with E-state index in [0.29, 0.717) is 38.2 Å². The third-order valence-electron chi connectivity index (χ3n) is 3.86. The van der Waals surface area contributed by atoms with Crippen LogP contribution in [-0.2, 0) is 15.7 Å². The zero-order valence-corrected chi connectivity index (χ0v) is 11.4. The lowest BCUT2D eigenvalue weighted by molar-refractivity contribution is -0.154. The molecule has 0 bridgehead atoms. The highest BCUT2D eigenvalue weighted by Crippen LogP contribution is 2.39. The van der Waals surface area contributed by atoms with Crippen LogP contribution in [0.5, 0.6) is 0 Å². The van der Waals surface area contributed by atoms with Crippen LogP contribution in [0.1, 0.15) is 30.1 Å². The Kier molecular flexibility index (Phi) is 4.55. The second kappa shape index (κ2) is 5.90. The Morgan fingerprint density at radius 3 is 2.38 bits per heavy atom. The normalized spacial score (nSPS) is 20.3. The Morgan fingerprint density at radius 1 is 1.29 bits per heavy atom. The molecule has 7 heteroatoms. The molecule has 1 aromatic carbocycles. The number of hydrogen-bond acceptors (Lipinski definition) is 3. The van der Waals surface area contributed by atoms with Crippen LogP contribution in [0.15, 0.2) is 18.2 Å². The van der Waals surface area contributed by atoms with Crippen molar-refractivity contribution in [3.8, 4) is 0 Å². The van der Waals surface area contributed by atoms with E-state index in [4.69, 9.17) is 9.47 Å². The van der Waals surface area contributed by atoms with Crippen LogP contribution in [0.4, 0.5) is 17.6 Å². The summed E-state index contributed by atoms with van der Waals surface area (Å²) < 4.78 is 61.8. The van der Waals surface area contributed by atoms with Gasteiger partial charge >= 0.3 is 6.18 Å². The highest BCUT2D eigenvalue weighted by molar-refractivity contribution is 5.29. The minimum Gasteiger partial charge on any atom is -0.385 e. The topological polar surface area (TPSA) is 38.7 Å². The third kappa shape index (κ3) is 3.20. The highest BCUT2D eigenvalue weighted by Gasteiger charge is 2.41. The summed E-state index contributed by atoms with van der Waals surface area (Å²) in [5.74, 6) is -1.41. The van der Waals surface area contributed by atoms with Crippen molar-refractivity contribution < 1.29 is 32.1 Å². The van der Waals surface area contributed by atoms with Gasteiger partial charge < -0.3 is 14.6 Å². The van der Waals surface area contributed by atoms with Gasteiger partial charge in [-0.15, -0.1) is 0 Å². The van der Waals surface area contributed by atoms with E-state index >= 15 is 0 Å². The Hall–Kier alpha value is -1.18. The lowest BCUT2D eigenvalue weighted by Gasteiger charge is -2.39. The molecular weight excluding hydrogens is 292 g/mol. The molecule has 0 amide bonds. The number of hydrogen-bond donors (Lipinski definition) is 1. The van der Waals surface area contributed by atoms with Crippen LogP contribution in [-0.4, -0.2) is 31.0 Å². The van der Waals surface area contributed by atoms with Gasteiger partial charge in [0.2, 0.25) is 0 Å². The van der Waals surface area contributed by atoms with E-state index in [9.17, 15) is 22.7 Å². The summed E-state index contributed by atoms with van der Waals surface area (Å²) in [5, 5.41) is 10.4. The summed E-state index contributed by atoms with van der Waals surface area (Å²) in [6.45, 7) is 0.738. The average molecular weight is 308 g/mol. The molecular formula is C14H16F4O3. The molecule has 1 heterocycles. The van der Waals surface area contributed by atoms with Crippen molar-refractivity contribution in [2.24, 2.45) is 0 Å². The maximum absolute atomic E-state index is 13.6. The molecule has 1 aromatic rings. The first-order valence-electron chi connectivity index (χ1n) is 6.48. The van der Waals surface area contributed by atoms with Crippen molar-refractivity contribution in [2.45, 2.75) is 30.7 Å². The molecule has 0 saturated carbocycles. The molecule has 1 aliphatic rings. The highest BCUT2D eigenvalue weighted by atomic mass is 19.4. The van der Waals surface area contributed by atoms with E-state index in [-0.39, 0.29) is 5.56 Å². The molecule has 1 saturated heterocycles. The number of halogens is 4. The Labute approximate surface area is 119 Å². The first kappa shape index (κ1) is 16.2. The van der Waals surface area contributed by atoms with Gasteiger partial charge in [-0.2, -0.15) is 13.2 Å². The first-order chi connectivity index (χ1) is 9.80. The molecule has 1 unspecified atom stereocenters. The predicted molar refractivity (Wildman–Crippen MR) is 66.2 cm³/mol. The molecule has 0 aliphatic carbocycles. The fourth-order valence-electron chi connectivity index (χ4n) is 2.54. The number of benzene rings is 1. The molecule has 0 spiro atoms. The minimum absolute atomic E-state index is 0.0595. The smallest absolute Gasteiger partial charge is 0.385 e. The fraction of sp³-hybridized carbons (Fsp3) is 0.571. The van der Waals surface area contributed by atoms with Crippen molar-refractivity contribution in [1.29, 1.82) is 0 Å². The van der Waals surface area contributed by atoms with Crippen LogP contribution < -0.4 is 0 Å². The number of ether oxygens (including phenoxy) is 2. The monoisotopic (exact) mass is 308 g/mol. The Bertz CT molecular complexity index is 495. The van der Waals surface area contributed by atoms with Gasteiger partial charge in [-0.3, -0.25) is 0 Å². The van der Waals surface area contributed by atoms with Gasteiger partial charge in [0, 0.05) is 33.2 Å². The summed E-state index contributed by atoms with van der Waals surface area (Å²) in [7, 11) is 1.41. The molecule has 0 aromatic heterocycles. The number of rotatable bonds is 3. The molecule has 0 radical (unpaired) electrons. The molecule has 1 N–H and O–H groups in total. The summed E-state index contributed by atoms with van der Waals surface area (Å²) in [5.41, 5.74) is -2.26. The van der Waals surface area contributed by atoms with Gasteiger partial charge in [0.05, 0.1) is 5.56 Å². The largest absolute Gasteiger partial charge is 0.419 e. The van der Waals surface area contributed by atoms with Crippen molar-refractivity contribution in [1.82, 2.24) is 0 Å². The van der Waals surface area contributed by atoms with Crippen LogP contribution in [0.25, 0.3) is 0 Å². The lowest BCUT2D eigenvalue weighted by atomic mass is 9.84. The van der Waals surface area contributed by atoms with Gasteiger partial charge in [0.1, 0.15) is 17.5 Å². The molecule has 1 fully saturated rings. The van der Waals surface area contributed by atoms with Crippen molar-refractivity contribution >= 4 is 0 Å².